The fourth-order valence-electron chi connectivity index (χ4n) is 2.23. The van der Waals surface area contributed by atoms with Crippen LogP contribution in [0.5, 0.6) is 0 Å². The molecule has 1 aromatic carbocycles. The third kappa shape index (κ3) is 4.20. The highest BCUT2D eigenvalue weighted by atomic mass is 16.2. The second kappa shape index (κ2) is 6.74. The lowest BCUT2D eigenvalue weighted by Crippen LogP contribution is -2.51. The van der Waals surface area contributed by atoms with Gasteiger partial charge in [0.05, 0.1) is 0 Å². The molecule has 0 aliphatic carbocycles. The molecular formula is C14H18N4O3. The van der Waals surface area contributed by atoms with E-state index in [0.29, 0.717) is 24.9 Å². The maximum atomic E-state index is 12.3. The topological polar surface area (TPSA) is 113 Å². The molecule has 2 rings (SSSR count). The molecule has 112 valence electrons. The van der Waals surface area contributed by atoms with Crippen molar-refractivity contribution in [3.63, 3.8) is 0 Å². The van der Waals surface area contributed by atoms with Crippen LogP contribution in [0.25, 0.3) is 0 Å². The first kappa shape index (κ1) is 14.8. The highest BCUT2D eigenvalue weighted by Crippen LogP contribution is 2.13. The largest absolute Gasteiger partial charge is 0.354 e. The van der Waals surface area contributed by atoms with Gasteiger partial charge in [-0.1, -0.05) is 30.3 Å². The number of hydrogen-bond donors (Lipinski definition) is 4. The fraction of sp³-hybridized carbons (Fsp3) is 0.357. The van der Waals surface area contributed by atoms with E-state index in [1.54, 1.807) is 24.3 Å². The Morgan fingerprint density at radius 3 is 2.57 bits per heavy atom. The third-order valence-corrected chi connectivity index (χ3v) is 3.29. The quantitative estimate of drug-likeness (QED) is 0.615. The van der Waals surface area contributed by atoms with Crippen LogP contribution >= 0.6 is 0 Å². The minimum absolute atomic E-state index is 0.0182. The second-order valence-corrected chi connectivity index (χ2v) is 4.90. The Morgan fingerprint density at radius 2 is 2.00 bits per heavy atom. The zero-order valence-corrected chi connectivity index (χ0v) is 11.5. The predicted octanol–water partition coefficient (Wildman–Crippen LogP) is -0.209. The molecule has 5 N–H and O–H groups in total. The summed E-state index contributed by atoms with van der Waals surface area (Å²) in [7, 11) is 0. The molecular weight excluding hydrogens is 272 g/mol. The molecule has 0 bridgehead atoms. The van der Waals surface area contributed by atoms with Crippen molar-refractivity contribution < 1.29 is 14.4 Å². The summed E-state index contributed by atoms with van der Waals surface area (Å²) >= 11 is 0. The van der Waals surface area contributed by atoms with E-state index in [1.807, 2.05) is 6.07 Å². The van der Waals surface area contributed by atoms with Gasteiger partial charge in [-0.2, -0.15) is 0 Å². The predicted molar refractivity (Wildman–Crippen MR) is 76.1 cm³/mol. The van der Waals surface area contributed by atoms with Gasteiger partial charge in [0.15, 0.2) is 0 Å². The van der Waals surface area contributed by atoms with E-state index in [-0.39, 0.29) is 17.9 Å². The summed E-state index contributed by atoms with van der Waals surface area (Å²) in [5.41, 5.74) is 5.78. The maximum Gasteiger partial charge on any atom is 0.313 e. The Bertz CT molecular complexity index is 522. The molecule has 21 heavy (non-hydrogen) atoms. The zero-order valence-electron chi connectivity index (χ0n) is 11.5. The van der Waals surface area contributed by atoms with Crippen molar-refractivity contribution >= 4 is 17.8 Å². The summed E-state index contributed by atoms with van der Waals surface area (Å²) in [4.78, 5) is 34.5. The summed E-state index contributed by atoms with van der Waals surface area (Å²) in [6.07, 6.45) is 0.958. The standard InChI is InChI=1S/C14H18N4O3/c15-14(21)18-12(9-4-2-1-3-5-9)13(20)17-10-6-7-11(19)16-8-10/h1-5,10,12H,6-8H2,(H,16,19)(H,17,20)(H3,15,18,21). The van der Waals surface area contributed by atoms with Crippen LogP contribution < -0.4 is 21.7 Å². The van der Waals surface area contributed by atoms with Crippen LogP contribution in [0.1, 0.15) is 24.4 Å². The summed E-state index contributed by atoms with van der Waals surface area (Å²) < 4.78 is 0. The first-order valence-electron chi connectivity index (χ1n) is 6.74. The first-order chi connectivity index (χ1) is 10.1. The van der Waals surface area contributed by atoms with Gasteiger partial charge in [-0.3, -0.25) is 9.59 Å². The average molecular weight is 290 g/mol. The van der Waals surface area contributed by atoms with Gasteiger partial charge in [0.2, 0.25) is 11.8 Å². The van der Waals surface area contributed by atoms with Gasteiger partial charge in [0.25, 0.3) is 0 Å². The summed E-state index contributed by atoms with van der Waals surface area (Å²) in [6.45, 7) is 0.392. The van der Waals surface area contributed by atoms with Gasteiger partial charge < -0.3 is 21.7 Å². The van der Waals surface area contributed by atoms with E-state index in [0.717, 1.165) is 0 Å². The van der Waals surface area contributed by atoms with E-state index in [2.05, 4.69) is 16.0 Å². The molecule has 1 fully saturated rings. The number of benzene rings is 1. The van der Waals surface area contributed by atoms with Gasteiger partial charge >= 0.3 is 6.03 Å². The second-order valence-electron chi connectivity index (χ2n) is 4.90. The van der Waals surface area contributed by atoms with E-state index < -0.39 is 12.1 Å². The van der Waals surface area contributed by atoms with Crippen LogP contribution in [0.4, 0.5) is 4.79 Å². The number of piperidine rings is 1. The average Bonchev–Trinajstić information content (AvgIpc) is 2.48. The van der Waals surface area contributed by atoms with E-state index in [1.165, 1.54) is 0 Å². The van der Waals surface area contributed by atoms with Crippen molar-refractivity contribution in [1.82, 2.24) is 16.0 Å². The molecule has 1 aliphatic rings. The van der Waals surface area contributed by atoms with Crippen LogP contribution in [0.2, 0.25) is 0 Å². The third-order valence-electron chi connectivity index (χ3n) is 3.29. The number of hydrogen-bond acceptors (Lipinski definition) is 3. The van der Waals surface area contributed by atoms with Crippen molar-refractivity contribution in [2.24, 2.45) is 5.73 Å². The molecule has 7 nitrogen and oxygen atoms in total. The van der Waals surface area contributed by atoms with Crippen molar-refractivity contribution in [3.05, 3.63) is 35.9 Å². The molecule has 2 atom stereocenters. The number of primary amides is 1. The summed E-state index contributed by atoms with van der Waals surface area (Å²) in [5.74, 6) is -0.364. The lowest BCUT2D eigenvalue weighted by molar-refractivity contribution is -0.126. The van der Waals surface area contributed by atoms with Gasteiger partial charge in [-0.15, -0.1) is 0 Å². The van der Waals surface area contributed by atoms with Crippen LogP contribution in [0, 0.1) is 0 Å². The summed E-state index contributed by atoms with van der Waals surface area (Å²) in [5, 5.41) is 7.94. The number of carbonyl (C=O) groups excluding carboxylic acids is 3. The maximum absolute atomic E-state index is 12.3. The van der Waals surface area contributed by atoms with Crippen molar-refractivity contribution in [2.45, 2.75) is 24.9 Å². The number of nitrogens with two attached hydrogens (primary N) is 1. The number of rotatable bonds is 4. The summed E-state index contributed by atoms with van der Waals surface area (Å²) in [6, 6.07) is 7.09. The van der Waals surface area contributed by atoms with E-state index in [9.17, 15) is 14.4 Å². The molecule has 0 aromatic heterocycles. The molecule has 1 heterocycles. The molecule has 0 spiro atoms. The molecule has 1 saturated heterocycles. The van der Waals surface area contributed by atoms with Crippen molar-refractivity contribution in [2.75, 3.05) is 6.54 Å². The van der Waals surface area contributed by atoms with Crippen LogP contribution in [0.3, 0.4) is 0 Å². The fourth-order valence-corrected chi connectivity index (χ4v) is 2.23. The molecule has 0 saturated carbocycles. The Balaban J connectivity index is 2.04. The van der Waals surface area contributed by atoms with Crippen molar-refractivity contribution in [3.8, 4) is 0 Å². The Kier molecular flexibility index (Phi) is 4.76. The molecule has 2 unspecified atom stereocenters. The van der Waals surface area contributed by atoms with Gasteiger partial charge in [-0.25, -0.2) is 4.79 Å². The minimum atomic E-state index is -0.846. The first-order valence-corrected chi connectivity index (χ1v) is 6.74. The van der Waals surface area contributed by atoms with Crippen LogP contribution in [0.15, 0.2) is 30.3 Å². The normalized spacial score (nSPS) is 19.2. The monoisotopic (exact) mass is 290 g/mol. The SMILES string of the molecule is NC(=O)NC(C(=O)NC1CCC(=O)NC1)c1ccccc1. The number of nitrogens with one attached hydrogen (secondary N) is 3. The molecule has 1 aliphatic heterocycles. The lowest BCUT2D eigenvalue weighted by atomic mass is 10.0. The lowest BCUT2D eigenvalue weighted by Gasteiger charge is -2.26. The van der Waals surface area contributed by atoms with Gasteiger partial charge in [-0.05, 0) is 12.0 Å². The number of amides is 4. The van der Waals surface area contributed by atoms with Gasteiger partial charge in [0, 0.05) is 19.0 Å². The molecule has 1 aromatic rings. The Labute approximate surface area is 122 Å². The van der Waals surface area contributed by atoms with E-state index in [4.69, 9.17) is 5.73 Å². The molecule has 0 radical (unpaired) electrons. The van der Waals surface area contributed by atoms with Crippen molar-refractivity contribution in [1.29, 1.82) is 0 Å². The number of carbonyl (C=O) groups is 3. The molecule has 4 amide bonds. The highest BCUT2D eigenvalue weighted by molar-refractivity contribution is 5.88. The minimum Gasteiger partial charge on any atom is -0.354 e. The van der Waals surface area contributed by atoms with Gasteiger partial charge in [0.1, 0.15) is 6.04 Å². The Morgan fingerprint density at radius 1 is 1.29 bits per heavy atom. The highest BCUT2D eigenvalue weighted by Gasteiger charge is 2.26. The number of urea groups is 1. The van der Waals surface area contributed by atoms with Crippen LogP contribution in [-0.4, -0.2) is 30.4 Å². The van der Waals surface area contributed by atoms with E-state index >= 15 is 0 Å². The smallest absolute Gasteiger partial charge is 0.313 e. The molecule has 7 heteroatoms. The Hall–Kier alpha value is -2.57. The van der Waals surface area contributed by atoms with Crippen LogP contribution in [-0.2, 0) is 9.59 Å². The zero-order chi connectivity index (χ0) is 15.2.